The van der Waals surface area contributed by atoms with Crippen molar-refractivity contribution < 1.29 is 4.79 Å². The average Bonchev–Trinajstić information content (AvgIpc) is 3.16. The molecule has 0 unspecified atom stereocenters. The highest BCUT2D eigenvalue weighted by atomic mass is 32.2. The van der Waals surface area contributed by atoms with Crippen molar-refractivity contribution in [3.8, 4) is 5.69 Å². The second-order valence-electron chi connectivity index (χ2n) is 6.13. The Hall–Kier alpha value is -2.67. The SMILES string of the molecule is CCN(CC)C(=O)[C@H](Sc1nnnn1-c1ccc(C)cc1)c1ccccc1. The normalized spacial score (nSPS) is 12.0. The van der Waals surface area contributed by atoms with E-state index < -0.39 is 5.25 Å². The molecule has 140 valence electrons. The second kappa shape index (κ2) is 8.81. The maximum absolute atomic E-state index is 13.2. The molecule has 3 rings (SSSR count). The van der Waals surface area contributed by atoms with E-state index in [0.717, 1.165) is 11.3 Å². The van der Waals surface area contributed by atoms with Crippen LogP contribution >= 0.6 is 11.8 Å². The number of amides is 1. The van der Waals surface area contributed by atoms with E-state index in [-0.39, 0.29) is 5.91 Å². The highest BCUT2D eigenvalue weighted by molar-refractivity contribution is 8.00. The summed E-state index contributed by atoms with van der Waals surface area (Å²) in [6, 6.07) is 17.8. The van der Waals surface area contributed by atoms with Crippen LogP contribution in [-0.4, -0.2) is 44.1 Å². The van der Waals surface area contributed by atoms with E-state index in [1.54, 1.807) is 4.68 Å². The molecule has 0 saturated carbocycles. The zero-order valence-corrected chi connectivity index (χ0v) is 16.6. The van der Waals surface area contributed by atoms with Gasteiger partial charge in [0.15, 0.2) is 0 Å². The first-order valence-corrected chi connectivity index (χ1v) is 9.87. The molecule has 1 amide bonds. The number of benzene rings is 2. The minimum Gasteiger partial charge on any atom is -0.342 e. The summed E-state index contributed by atoms with van der Waals surface area (Å²) >= 11 is 1.38. The van der Waals surface area contributed by atoms with Gasteiger partial charge < -0.3 is 4.90 Å². The van der Waals surface area contributed by atoms with Gasteiger partial charge in [0.05, 0.1) is 5.69 Å². The molecule has 27 heavy (non-hydrogen) atoms. The van der Waals surface area contributed by atoms with Crippen LogP contribution in [0.2, 0.25) is 0 Å². The largest absolute Gasteiger partial charge is 0.342 e. The third-order valence-electron chi connectivity index (χ3n) is 4.34. The summed E-state index contributed by atoms with van der Waals surface area (Å²) in [6.45, 7) is 7.35. The number of thioether (sulfide) groups is 1. The predicted octanol–water partition coefficient (Wildman–Crippen LogP) is 3.67. The van der Waals surface area contributed by atoms with Gasteiger partial charge in [0.1, 0.15) is 5.25 Å². The molecule has 0 N–H and O–H groups in total. The average molecular weight is 382 g/mol. The van der Waals surface area contributed by atoms with Crippen molar-refractivity contribution in [1.29, 1.82) is 0 Å². The van der Waals surface area contributed by atoms with Crippen molar-refractivity contribution in [3.63, 3.8) is 0 Å². The Labute approximate surface area is 163 Å². The maximum atomic E-state index is 13.2. The number of nitrogens with zero attached hydrogens (tertiary/aromatic N) is 5. The van der Waals surface area contributed by atoms with Crippen LogP contribution in [0.3, 0.4) is 0 Å². The number of tetrazole rings is 1. The van der Waals surface area contributed by atoms with E-state index >= 15 is 0 Å². The van der Waals surface area contributed by atoms with Crippen LogP contribution in [0.5, 0.6) is 0 Å². The van der Waals surface area contributed by atoms with Gasteiger partial charge in [-0.15, -0.1) is 5.10 Å². The molecule has 0 spiro atoms. The van der Waals surface area contributed by atoms with Gasteiger partial charge in [0.2, 0.25) is 11.1 Å². The summed E-state index contributed by atoms with van der Waals surface area (Å²) in [6.07, 6.45) is 0. The summed E-state index contributed by atoms with van der Waals surface area (Å²) in [4.78, 5) is 15.0. The number of carbonyl (C=O) groups excluding carboxylic acids is 1. The minimum absolute atomic E-state index is 0.0645. The van der Waals surface area contributed by atoms with Gasteiger partial charge in [-0.05, 0) is 48.9 Å². The Morgan fingerprint density at radius 1 is 1.07 bits per heavy atom. The van der Waals surface area contributed by atoms with E-state index in [0.29, 0.717) is 18.2 Å². The fourth-order valence-corrected chi connectivity index (χ4v) is 3.88. The number of rotatable bonds is 7. The van der Waals surface area contributed by atoms with Crippen molar-refractivity contribution in [2.45, 2.75) is 31.2 Å². The molecule has 0 fully saturated rings. The number of hydrogen-bond acceptors (Lipinski definition) is 5. The second-order valence-corrected chi connectivity index (χ2v) is 7.20. The van der Waals surface area contributed by atoms with Crippen molar-refractivity contribution in [2.24, 2.45) is 0 Å². The van der Waals surface area contributed by atoms with E-state index in [4.69, 9.17) is 0 Å². The van der Waals surface area contributed by atoms with Gasteiger partial charge in [0.25, 0.3) is 0 Å². The Morgan fingerprint density at radius 3 is 2.37 bits per heavy atom. The molecule has 0 bridgehead atoms. The van der Waals surface area contributed by atoms with Gasteiger partial charge in [-0.1, -0.05) is 59.8 Å². The number of hydrogen-bond donors (Lipinski definition) is 0. The molecule has 1 aromatic heterocycles. The van der Waals surface area contributed by atoms with E-state index in [9.17, 15) is 4.79 Å². The van der Waals surface area contributed by atoms with Crippen LogP contribution in [-0.2, 0) is 4.79 Å². The van der Waals surface area contributed by atoms with Crippen LogP contribution in [0.15, 0.2) is 59.8 Å². The molecular weight excluding hydrogens is 358 g/mol. The molecule has 0 aliphatic carbocycles. The Morgan fingerprint density at radius 2 is 1.74 bits per heavy atom. The molecule has 0 saturated heterocycles. The zero-order valence-electron chi connectivity index (χ0n) is 15.7. The maximum Gasteiger partial charge on any atom is 0.240 e. The first-order valence-electron chi connectivity index (χ1n) is 8.99. The van der Waals surface area contributed by atoms with E-state index in [2.05, 4.69) is 15.5 Å². The van der Waals surface area contributed by atoms with Gasteiger partial charge in [-0.25, -0.2) is 0 Å². The van der Waals surface area contributed by atoms with Crippen molar-refractivity contribution in [3.05, 3.63) is 65.7 Å². The number of carbonyl (C=O) groups is 1. The number of likely N-dealkylation sites (N-methyl/N-ethyl adjacent to an activating group) is 1. The topological polar surface area (TPSA) is 63.9 Å². The molecule has 0 aliphatic rings. The van der Waals surface area contributed by atoms with Crippen molar-refractivity contribution >= 4 is 17.7 Å². The molecule has 0 radical (unpaired) electrons. The zero-order chi connectivity index (χ0) is 19.2. The fraction of sp³-hybridized carbons (Fsp3) is 0.300. The lowest BCUT2D eigenvalue weighted by molar-refractivity contribution is -0.130. The van der Waals surface area contributed by atoms with Crippen molar-refractivity contribution in [2.75, 3.05) is 13.1 Å². The van der Waals surface area contributed by atoms with Crippen LogP contribution < -0.4 is 0 Å². The lowest BCUT2D eigenvalue weighted by Crippen LogP contribution is -2.34. The highest BCUT2D eigenvalue weighted by Gasteiger charge is 2.28. The number of aromatic nitrogens is 4. The third kappa shape index (κ3) is 4.36. The fourth-order valence-electron chi connectivity index (χ4n) is 2.80. The molecule has 7 heteroatoms. The monoisotopic (exact) mass is 381 g/mol. The lowest BCUT2D eigenvalue weighted by Gasteiger charge is -2.24. The van der Waals surface area contributed by atoms with Gasteiger partial charge >= 0.3 is 0 Å². The quantitative estimate of drug-likeness (QED) is 0.584. The predicted molar refractivity (Wildman–Crippen MR) is 107 cm³/mol. The third-order valence-corrected chi connectivity index (χ3v) is 5.52. The summed E-state index contributed by atoms with van der Waals surface area (Å²) in [7, 11) is 0. The standard InChI is InChI=1S/C20H23N5OS/c1-4-24(5-2)19(26)18(16-9-7-6-8-10-16)27-20-21-22-23-25(20)17-13-11-15(3)12-14-17/h6-14,18H,4-5H2,1-3H3/t18-/m1/s1. The molecule has 1 atom stereocenters. The van der Waals surface area contributed by atoms with Crippen LogP contribution in [0.1, 0.15) is 30.2 Å². The minimum atomic E-state index is -0.402. The molecule has 6 nitrogen and oxygen atoms in total. The van der Waals surface area contributed by atoms with E-state index in [1.165, 1.54) is 17.3 Å². The number of aryl methyl sites for hydroxylation is 1. The molecular formula is C20H23N5OS. The summed E-state index contributed by atoms with van der Waals surface area (Å²) < 4.78 is 1.68. The Balaban J connectivity index is 1.95. The summed E-state index contributed by atoms with van der Waals surface area (Å²) in [5.74, 6) is 0.0645. The highest BCUT2D eigenvalue weighted by Crippen LogP contribution is 2.36. The molecule has 3 aromatic rings. The lowest BCUT2D eigenvalue weighted by atomic mass is 10.1. The first kappa shape index (κ1) is 19.1. The molecule has 1 heterocycles. The van der Waals surface area contributed by atoms with E-state index in [1.807, 2.05) is 80.3 Å². The molecule has 0 aliphatic heterocycles. The smallest absolute Gasteiger partial charge is 0.240 e. The first-order chi connectivity index (χ1) is 13.1. The van der Waals surface area contributed by atoms with Gasteiger partial charge in [-0.3, -0.25) is 4.79 Å². The van der Waals surface area contributed by atoms with Crippen LogP contribution in [0.4, 0.5) is 0 Å². The van der Waals surface area contributed by atoms with Crippen LogP contribution in [0.25, 0.3) is 5.69 Å². The molecule has 2 aromatic carbocycles. The summed E-state index contributed by atoms with van der Waals surface area (Å²) in [5, 5.41) is 12.3. The van der Waals surface area contributed by atoms with Gasteiger partial charge in [0, 0.05) is 13.1 Å². The Bertz CT molecular complexity index is 875. The summed E-state index contributed by atoms with van der Waals surface area (Å²) in [5.41, 5.74) is 2.98. The van der Waals surface area contributed by atoms with Crippen LogP contribution in [0, 0.1) is 6.92 Å². The Kier molecular flexibility index (Phi) is 6.24. The van der Waals surface area contributed by atoms with Crippen molar-refractivity contribution in [1.82, 2.24) is 25.1 Å². The van der Waals surface area contributed by atoms with Gasteiger partial charge in [-0.2, -0.15) is 4.68 Å².